The summed E-state index contributed by atoms with van der Waals surface area (Å²) in [6, 6.07) is 10.7. The molecule has 3 nitrogen and oxygen atoms in total. The minimum Gasteiger partial charge on any atom is -0.409 e. The number of oxime groups is 1. The summed E-state index contributed by atoms with van der Waals surface area (Å²) < 4.78 is 13.3. The molecule has 0 aliphatic carbocycles. The van der Waals surface area contributed by atoms with Gasteiger partial charge in [-0.25, -0.2) is 4.39 Å². The Bertz CT molecular complexity index is 666. The highest BCUT2D eigenvalue weighted by Crippen LogP contribution is 2.27. The molecule has 0 saturated heterocycles. The number of amidine groups is 1. The molecular weight excluding hydrogens is 287 g/mol. The number of nitrogens with two attached hydrogens (primary N) is 1. The van der Waals surface area contributed by atoms with Crippen molar-refractivity contribution in [3.05, 3.63) is 64.5 Å². The molecule has 3 N–H and O–H groups in total. The van der Waals surface area contributed by atoms with E-state index in [1.807, 2.05) is 0 Å². The summed E-state index contributed by atoms with van der Waals surface area (Å²) in [5.74, 6) is 0.240. The second-order valence-corrected chi connectivity index (χ2v) is 5.93. The zero-order chi connectivity index (χ0) is 15.4. The van der Waals surface area contributed by atoms with Crippen molar-refractivity contribution in [2.75, 3.05) is 0 Å². The molecule has 0 amide bonds. The van der Waals surface area contributed by atoms with Crippen molar-refractivity contribution in [1.82, 2.24) is 0 Å². The van der Waals surface area contributed by atoms with Gasteiger partial charge >= 0.3 is 0 Å². The minimum absolute atomic E-state index is 0.0857. The van der Waals surface area contributed by atoms with Gasteiger partial charge in [0.15, 0.2) is 5.84 Å². The van der Waals surface area contributed by atoms with Gasteiger partial charge < -0.3 is 10.9 Å². The summed E-state index contributed by atoms with van der Waals surface area (Å²) in [6.07, 6.45) is 0. The van der Waals surface area contributed by atoms with Crippen LogP contribution in [0.15, 0.2) is 46.4 Å². The van der Waals surface area contributed by atoms with Crippen molar-refractivity contribution in [3.63, 3.8) is 0 Å². The Hall–Kier alpha value is -2.01. The van der Waals surface area contributed by atoms with Gasteiger partial charge in [0.25, 0.3) is 0 Å². The van der Waals surface area contributed by atoms with E-state index >= 15 is 0 Å². The topological polar surface area (TPSA) is 58.6 Å². The third-order valence-electron chi connectivity index (χ3n) is 3.00. The molecule has 2 aromatic rings. The van der Waals surface area contributed by atoms with Gasteiger partial charge in [-0.05, 0) is 37.6 Å². The Morgan fingerprint density at radius 1 is 1.19 bits per heavy atom. The number of aryl methyl sites for hydroxylation is 2. The van der Waals surface area contributed by atoms with Crippen molar-refractivity contribution >= 4 is 17.6 Å². The van der Waals surface area contributed by atoms with Crippen LogP contribution in [0.5, 0.6) is 0 Å². The van der Waals surface area contributed by atoms with E-state index in [9.17, 15) is 4.39 Å². The molecule has 21 heavy (non-hydrogen) atoms. The van der Waals surface area contributed by atoms with Crippen LogP contribution in [0.2, 0.25) is 0 Å². The molecule has 0 unspecified atom stereocenters. The molecule has 0 aromatic heterocycles. The van der Waals surface area contributed by atoms with Crippen molar-refractivity contribution in [2.24, 2.45) is 10.9 Å². The van der Waals surface area contributed by atoms with Crippen molar-refractivity contribution in [1.29, 1.82) is 0 Å². The fourth-order valence-corrected chi connectivity index (χ4v) is 3.17. The standard InChI is InChI=1S/C16H17FN2OS/c1-10-5-11(2)7-12(6-10)9-21-15-4-3-13(17)8-14(15)16(18)19-20/h3-8,20H,9H2,1-2H3,(H2,18,19). The smallest absolute Gasteiger partial charge is 0.171 e. The predicted octanol–water partition coefficient (Wildman–Crippen LogP) is 3.83. The molecule has 2 aromatic carbocycles. The fraction of sp³-hybridized carbons (Fsp3) is 0.188. The first-order valence-corrected chi connectivity index (χ1v) is 7.45. The van der Waals surface area contributed by atoms with Crippen LogP contribution in [0.4, 0.5) is 4.39 Å². The normalized spacial score (nSPS) is 11.7. The maximum Gasteiger partial charge on any atom is 0.171 e. The molecule has 0 saturated carbocycles. The molecule has 2 rings (SSSR count). The summed E-state index contributed by atoms with van der Waals surface area (Å²) in [7, 11) is 0. The molecule has 0 radical (unpaired) electrons. The molecule has 0 aliphatic rings. The Balaban J connectivity index is 2.23. The zero-order valence-electron chi connectivity index (χ0n) is 11.9. The van der Waals surface area contributed by atoms with E-state index in [2.05, 4.69) is 37.2 Å². The van der Waals surface area contributed by atoms with Gasteiger partial charge in [0.2, 0.25) is 0 Å². The van der Waals surface area contributed by atoms with Crippen LogP contribution in [0.25, 0.3) is 0 Å². The Morgan fingerprint density at radius 3 is 2.48 bits per heavy atom. The number of hydrogen-bond acceptors (Lipinski definition) is 3. The Morgan fingerprint density at radius 2 is 1.86 bits per heavy atom. The lowest BCUT2D eigenvalue weighted by atomic mass is 10.1. The second kappa shape index (κ2) is 6.63. The van der Waals surface area contributed by atoms with E-state index in [-0.39, 0.29) is 5.84 Å². The predicted molar refractivity (Wildman–Crippen MR) is 84.4 cm³/mol. The van der Waals surface area contributed by atoms with Gasteiger partial charge in [-0.2, -0.15) is 0 Å². The highest BCUT2D eigenvalue weighted by molar-refractivity contribution is 7.98. The quantitative estimate of drug-likeness (QED) is 0.297. The van der Waals surface area contributed by atoms with Gasteiger partial charge in [-0.15, -0.1) is 11.8 Å². The summed E-state index contributed by atoms with van der Waals surface area (Å²) in [4.78, 5) is 0.783. The van der Waals surface area contributed by atoms with E-state index in [1.165, 1.54) is 40.6 Å². The number of hydrogen-bond donors (Lipinski definition) is 2. The lowest BCUT2D eigenvalue weighted by Crippen LogP contribution is -2.14. The first-order chi connectivity index (χ1) is 9.99. The number of rotatable bonds is 4. The van der Waals surface area contributed by atoms with E-state index in [0.717, 1.165) is 10.6 Å². The summed E-state index contributed by atoms with van der Waals surface area (Å²) in [5.41, 5.74) is 9.62. The maximum absolute atomic E-state index is 13.3. The fourth-order valence-electron chi connectivity index (χ4n) is 2.20. The molecule has 0 bridgehead atoms. The van der Waals surface area contributed by atoms with E-state index in [4.69, 9.17) is 10.9 Å². The highest BCUT2D eigenvalue weighted by atomic mass is 32.2. The average molecular weight is 304 g/mol. The van der Waals surface area contributed by atoms with Crippen LogP contribution in [-0.2, 0) is 5.75 Å². The molecule has 0 fully saturated rings. The largest absolute Gasteiger partial charge is 0.409 e. The van der Waals surface area contributed by atoms with Crippen molar-refractivity contribution in [3.8, 4) is 0 Å². The van der Waals surface area contributed by atoms with Crippen LogP contribution >= 0.6 is 11.8 Å². The SMILES string of the molecule is Cc1cc(C)cc(CSc2ccc(F)cc2/C(N)=N/O)c1. The lowest BCUT2D eigenvalue weighted by molar-refractivity contribution is 0.318. The average Bonchev–Trinajstić information content (AvgIpc) is 2.44. The molecule has 0 aliphatic heterocycles. The van der Waals surface area contributed by atoms with Crippen LogP contribution in [0, 0.1) is 19.7 Å². The molecule has 0 heterocycles. The monoisotopic (exact) mass is 304 g/mol. The molecule has 5 heteroatoms. The van der Waals surface area contributed by atoms with Crippen molar-refractivity contribution < 1.29 is 9.60 Å². The number of halogens is 1. The van der Waals surface area contributed by atoms with Gasteiger partial charge in [0, 0.05) is 16.2 Å². The molecule has 110 valence electrons. The van der Waals surface area contributed by atoms with Gasteiger partial charge in [0.1, 0.15) is 5.82 Å². The number of benzene rings is 2. The van der Waals surface area contributed by atoms with Gasteiger partial charge in [-0.1, -0.05) is 34.5 Å². The number of thioether (sulfide) groups is 1. The van der Waals surface area contributed by atoms with Gasteiger partial charge in [0.05, 0.1) is 0 Å². The second-order valence-electron chi connectivity index (χ2n) is 4.91. The van der Waals surface area contributed by atoms with E-state index in [1.54, 1.807) is 6.07 Å². The minimum atomic E-state index is -0.410. The number of nitrogens with zero attached hydrogens (tertiary/aromatic N) is 1. The van der Waals surface area contributed by atoms with Crippen molar-refractivity contribution in [2.45, 2.75) is 24.5 Å². The first kappa shape index (κ1) is 15.4. The summed E-state index contributed by atoms with van der Waals surface area (Å²) in [6.45, 7) is 4.11. The Kier molecular flexibility index (Phi) is 4.85. The summed E-state index contributed by atoms with van der Waals surface area (Å²) >= 11 is 1.53. The van der Waals surface area contributed by atoms with Crippen LogP contribution in [-0.4, -0.2) is 11.0 Å². The van der Waals surface area contributed by atoms with Crippen LogP contribution in [0.3, 0.4) is 0 Å². The third kappa shape index (κ3) is 3.98. The maximum atomic E-state index is 13.3. The van der Waals surface area contributed by atoms with Crippen LogP contribution < -0.4 is 5.73 Å². The van der Waals surface area contributed by atoms with E-state index < -0.39 is 5.82 Å². The lowest BCUT2D eigenvalue weighted by Gasteiger charge is -2.09. The third-order valence-corrected chi connectivity index (χ3v) is 4.15. The first-order valence-electron chi connectivity index (χ1n) is 6.47. The van der Waals surface area contributed by atoms with Crippen LogP contribution in [0.1, 0.15) is 22.3 Å². The van der Waals surface area contributed by atoms with Gasteiger partial charge in [-0.3, -0.25) is 0 Å². The molecule has 0 atom stereocenters. The zero-order valence-corrected chi connectivity index (χ0v) is 12.7. The summed E-state index contributed by atoms with van der Waals surface area (Å²) in [5, 5.41) is 11.8. The molecule has 0 spiro atoms. The molecular formula is C16H17FN2OS. The highest BCUT2D eigenvalue weighted by Gasteiger charge is 2.10. The van der Waals surface area contributed by atoms with E-state index in [0.29, 0.717) is 5.56 Å². The Labute approximate surface area is 127 Å².